The fourth-order valence-corrected chi connectivity index (χ4v) is 4.10. The van der Waals surface area contributed by atoms with E-state index in [0.29, 0.717) is 18.8 Å². The average molecular weight is 419 g/mol. The van der Waals surface area contributed by atoms with Gasteiger partial charge in [-0.3, -0.25) is 9.59 Å². The smallest absolute Gasteiger partial charge is 0.242 e. The number of fused-ring (bicyclic) bond motifs is 1. The van der Waals surface area contributed by atoms with Crippen LogP contribution in [0, 0.1) is 0 Å². The van der Waals surface area contributed by atoms with E-state index in [1.54, 1.807) is 28.6 Å². The van der Waals surface area contributed by atoms with Crippen LogP contribution in [0.5, 0.6) is 0 Å². The maximum atomic E-state index is 12.8. The molecule has 0 radical (unpaired) electrons. The van der Waals surface area contributed by atoms with Gasteiger partial charge in [0.1, 0.15) is 5.76 Å². The normalized spacial score (nSPS) is 10.8. The Morgan fingerprint density at radius 3 is 2.60 bits per heavy atom. The summed E-state index contributed by atoms with van der Waals surface area (Å²) in [5.41, 5.74) is 0.948. The van der Waals surface area contributed by atoms with E-state index in [-0.39, 0.29) is 24.8 Å². The number of carbonyl (C=O) groups excluding carboxylic acids is 2. The van der Waals surface area contributed by atoms with Crippen LogP contribution in [0.1, 0.15) is 16.2 Å². The molecule has 2 aromatic heterocycles. The minimum absolute atomic E-state index is 0.0459. The molecule has 0 atom stereocenters. The summed E-state index contributed by atoms with van der Waals surface area (Å²) >= 11 is 1.60. The van der Waals surface area contributed by atoms with Gasteiger partial charge in [-0.25, -0.2) is 0 Å². The van der Waals surface area contributed by atoms with Gasteiger partial charge >= 0.3 is 0 Å². The molecule has 30 heavy (non-hydrogen) atoms. The van der Waals surface area contributed by atoms with Gasteiger partial charge in [0.05, 0.1) is 32.3 Å². The number of nitrogens with zero attached hydrogens (tertiary/aromatic N) is 1. The van der Waals surface area contributed by atoms with Crippen molar-refractivity contribution in [1.82, 2.24) is 10.2 Å². The molecule has 0 aliphatic rings. The Labute approximate surface area is 178 Å². The number of hydrogen-bond donors (Lipinski definition) is 1. The van der Waals surface area contributed by atoms with E-state index in [1.807, 2.05) is 66.0 Å². The molecule has 2 heterocycles. The maximum absolute atomic E-state index is 12.8. The fourth-order valence-electron chi connectivity index (χ4n) is 3.38. The Bertz CT molecular complexity index is 1080. The van der Waals surface area contributed by atoms with Crippen molar-refractivity contribution in [2.24, 2.45) is 0 Å². The topological polar surface area (TPSA) is 62.6 Å². The molecule has 6 heteroatoms. The van der Waals surface area contributed by atoms with Gasteiger partial charge in [0.2, 0.25) is 11.8 Å². The second-order valence-corrected chi connectivity index (χ2v) is 8.03. The molecule has 2 aromatic carbocycles. The highest BCUT2D eigenvalue weighted by Gasteiger charge is 2.17. The van der Waals surface area contributed by atoms with Gasteiger partial charge in [-0.05, 0) is 39.9 Å². The summed E-state index contributed by atoms with van der Waals surface area (Å²) in [6.07, 6.45) is 1.83. The summed E-state index contributed by atoms with van der Waals surface area (Å²) in [7, 11) is 0. The summed E-state index contributed by atoms with van der Waals surface area (Å²) in [5.74, 6) is 0.391. The number of thiophene rings is 1. The van der Waals surface area contributed by atoms with Crippen LogP contribution >= 0.6 is 11.3 Å². The lowest BCUT2D eigenvalue weighted by Gasteiger charge is -2.21. The lowest BCUT2D eigenvalue weighted by Crippen LogP contribution is -2.39. The van der Waals surface area contributed by atoms with Crippen LogP contribution in [0.2, 0.25) is 0 Å². The van der Waals surface area contributed by atoms with Gasteiger partial charge in [-0.15, -0.1) is 11.3 Å². The van der Waals surface area contributed by atoms with Crippen molar-refractivity contribution in [3.05, 3.63) is 94.6 Å². The number of hydrogen-bond acceptors (Lipinski definition) is 4. The molecular weight excluding hydrogens is 396 g/mol. The Hall–Kier alpha value is -3.38. The Morgan fingerprint density at radius 2 is 1.80 bits per heavy atom. The minimum Gasteiger partial charge on any atom is -0.467 e. The van der Waals surface area contributed by atoms with Crippen molar-refractivity contribution in [3.63, 3.8) is 0 Å². The van der Waals surface area contributed by atoms with Crippen molar-refractivity contribution in [2.45, 2.75) is 19.5 Å². The molecule has 4 aromatic rings. The lowest BCUT2D eigenvalue weighted by atomic mass is 10.0. The number of amides is 2. The second-order valence-electron chi connectivity index (χ2n) is 7.00. The Balaban J connectivity index is 1.38. The summed E-state index contributed by atoms with van der Waals surface area (Å²) in [6.45, 7) is 0.801. The van der Waals surface area contributed by atoms with Gasteiger partial charge in [0.15, 0.2) is 0 Å². The third-order valence-electron chi connectivity index (χ3n) is 4.87. The predicted octanol–water partition coefficient (Wildman–Crippen LogP) is 4.38. The molecule has 1 N–H and O–H groups in total. The molecular formula is C24H22N2O3S. The quantitative estimate of drug-likeness (QED) is 0.462. The SMILES string of the molecule is O=C(Cc1cccc2ccccc12)NCC(=O)N(Cc1ccco1)Cc1cccs1. The highest BCUT2D eigenvalue weighted by Crippen LogP contribution is 2.19. The largest absolute Gasteiger partial charge is 0.467 e. The van der Waals surface area contributed by atoms with Crippen molar-refractivity contribution in [2.75, 3.05) is 6.54 Å². The first-order valence-corrected chi connectivity index (χ1v) is 10.6. The minimum atomic E-state index is -0.172. The van der Waals surface area contributed by atoms with Crippen molar-refractivity contribution >= 4 is 33.9 Å². The molecule has 0 saturated carbocycles. The van der Waals surface area contributed by atoms with Crippen molar-refractivity contribution in [3.8, 4) is 0 Å². The maximum Gasteiger partial charge on any atom is 0.242 e. The molecule has 5 nitrogen and oxygen atoms in total. The van der Waals surface area contributed by atoms with Crippen LogP contribution in [0.4, 0.5) is 0 Å². The molecule has 0 fully saturated rings. The van der Waals surface area contributed by atoms with E-state index in [1.165, 1.54) is 0 Å². The Morgan fingerprint density at radius 1 is 0.933 bits per heavy atom. The van der Waals surface area contributed by atoms with Crippen LogP contribution in [-0.4, -0.2) is 23.3 Å². The second kappa shape index (κ2) is 9.41. The van der Waals surface area contributed by atoms with E-state index in [4.69, 9.17) is 4.42 Å². The number of nitrogens with one attached hydrogen (secondary N) is 1. The molecule has 0 saturated heterocycles. The third-order valence-corrected chi connectivity index (χ3v) is 5.74. The molecule has 0 spiro atoms. The summed E-state index contributed by atoms with van der Waals surface area (Å²) in [4.78, 5) is 28.1. The first-order valence-electron chi connectivity index (χ1n) is 9.75. The zero-order chi connectivity index (χ0) is 20.8. The van der Waals surface area contributed by atoms with E-state index in [0.717, 1.165) is 21.2 Å². The molecule has 0 aliphatic carbocycles. The lowest BCUT2D eigenvalue weighted by molar-refractivity contribution is -0.134. The summed E-state index contributed by atoms with van der Waals surface area (Å²) in [5, 5.41) is 6.91. The van der Waals surface area contributed by atoms with Crippen LogP contribution in [0.15, 0.2) is 82.8 Å². The van der Waals surface area contributed by atoms with E-state index in [2.05, 4.69) is 5.32 Å². The fraction of sp³-hybridized carbons (Fsp3) is 0.167. The van der Waals surface area contributed by atoms with Gasteiger partial charge in [-0.1, -0.05) is 48.5 Å². The van der Waals surface area contributed by atoms with Gasteiger partial charge in [-0.2, -0.15) is 0 Å². The average Bonchev–Trinajstić information content (AvgIpc) is 3.46. The molecule has 0 aliphatic heterocycles. The molecule has 4 rings (SSSR count). The number of benzene rings is 2. The number of carbonyl (C=O) groups is 2. The summed E-state index contributed by atoms with van der Waals surface area (Å²) < 4.78 is 5.40. The predicted molar refractivity (Wildman–Crippen MR) is 118 cm³/mol. The molecule has 0 bridgehead atoms. The van der Waals surface area contributed by atoms with Gasteiger partial charge < -0.3 is 14.6 Å². The summed E-state index contributed by atoms with van der Waals surface area (Å²) in [6, 6.07) is 21.5. The van der Waals surface area contributed by atoms with Crippen LogP contribution in [0.25, 0.3) is 10.8 Å². The van der Waals surface area contributed by atoms with E-state index < -0.39 is 0 Å². The first kappa shape index (κ1) is 19.9. The van der Waals surface area contributed by atoms with Crippen molar-refractivity contribution in [1.29, 1.82) is 0 Å². The zero-order valence-electron chi connectivity index (χ0n) is 16.4. The van der Waals surface area contributed by atoms with Gasteiger partial charge in [0, 0.05) is 4.88 Å². The molecule has 0 unspecified atom stereocenters. The van der Waals surface area contributed by atoms with E-state index in [9.17, 15) is 9.59 Å². The molecule has 152 valence electrons. The standard InChI is InChI=1S/C24H22N2O3S/c27-23(14-19-8-3-7-18-6-1-2-11-22(18)19)25-15-24(28)26(16-20-9-4-12-29-20)17-21-10-5-13-30-21/h1-13H,14-17H2,(H,25,27). The highest BCUT2D eigenvalue weighted by molar-refractivity contribution is 7.09. The number of rotatable bonds is 8. The highest BCUT2D eigenvalue weighted by atomic mass is 32.1. The van der Waals surface area contributed by atoms with Crippen molar-refractivity contribution < 1.29 is 14.0 Å². The zero-order valence-corrected chi connectivity index (χ0v) is 17.2. The van der Waals surface area contributed by atoms with Crippen LogP contribution in [-0.2, 0) is 29.1 Å². The monoisotopic (exact) mass is 418 g/mol. The Kier molecular flexibility index (Phi) is 6.25. The first-order chi connectivity index (χ1) is 14.7. The third kappa shape index (κ3) is 4.96. The van der Waals surface area contributed by atoms with Crippen LogP contribution in [0.3, 0.4) is 0 Å². The van der Waals surface area contributed by atoms with E-state index >= 15 is 0 Å². The number of furan rings is 1. The molecule has 2 amide bonds. The van der Waals surface area contributed by atoms with Gasteiger partial charge in [0.25, 0.3) is 0 Å². The van der Waals surface area contributed by atoms with Crippen LogP contribution < -0.4 is 5.32 Å².